The van der Waals surface area contributed by atoms with E-state index in [-0.39, 0.29) is 5.92 Å². The minimum absolute atomic E-state index is 0.252. The van der Waals surface area contributed by atoms with Crippen molar-refractivity contribution in [2.24, 2.45) is 5.92 Å². The van der Waals surface area contributed by atoms with Crippen LogP contribution in [0.3, 0.4) is 0 Å². The summed E-state index contributed by atoms with van der Waals surface area (Å²) in [6.45, 7) is 9.74. The first-order valence-electron chi connectivity index (χ1n) is 10.5. The van der Waals surface area contributed by atoms with Crippen LogP contribution in [0.5, 0.6) is 0 Å². The largest absolute Gasteiger partial charge is 0.303 e. The van der Waals surface area contributed by atoms with Crippen molar-refractivity contribution in [1.29, 1.82) is 5.26 Å². The van der Waals surface area contributed by atoms with Gasteiger partial charge in [-0.05, 0) is 68.0 Å². The highest BCUT2D eigenvalue weighted by Gasteiger charge is 2.35. The fraction of sp³-hybridized carbons (Fsp3) is 0.480. The van der Waals surface area contributed by atoms with E-state index in [1.54, 1.807) is 0 Å². The van der Waals surface area contributed by atoms with Gasteiger partial charge in [-0.15, -0.1) is 0 Å². The summed E-state index contributed by atoms with van der Waals surface area (Å²) in [5.41, 5.74) is 2.01. The Hall–Kier alpha value is -1.82. The van der Waals surface area contributed by atoms with Gasteiger partial charge in [0.05, 0.1) is 11.5 Å². The quantitative estimate of drug-likeness (QED) is 0.433. The monoisotopic (exact) mass is 396 g/mol. The van der Waals surface area contributed by atoms with Gasteiger partial charge in [0.1, 0.15) is 0 Å². The maximum atomic E-state index is 10.1. The van der Waals surface area contributed by atoms with Crippen molar-refractivity contribution < 1.29 is 0 Å². The fourth-order valence-electron chi connectivity index (χ4n) is 3.93. The molecule has 0 saturated heterocycles. The van der Waals surface area contributed by atoms with Crippen molar-refractivity contribution in [2.75, 3.05) is 19.6 Å². The summed E-state index contributed by atoms with van der Waals surface area (Å²) in [4.78, 5) is 2.54. The van der Waals surface area contributed by atoms with Crippen LogP contribution in [0.2, 0.25) is 5.02 Å². The van der Waals surface area contributed by atoms with E-state index in [4.69, 9.17) is 11.6 Å². The molecule has 150 valence electrons. The van der Waals surface area contributed by atoms with Crippen molar-refractivity contribution in [3.05, 3.63) is 70.7 Å². The lowest BCUT2D eigenvalue weighted by molar-refractivity contribution is 0.254. The topological polar surface area (TPSA) is 27.0 Å². The standard InChI is InChI=1S/C25H33ClN2/c1-4-17-28(19-15-22-9-6-5-7-10-22)18-8-16-25(20-27,21(2)3)23-11-13-24(26)14-12-23/h5-7,9-14,21H,4,8,15-19H2,1-3H3. The summed E-state index contributed by atoms with van der Waals surface area (Å²) < 4.78 is 0. The lowest BCUT2D eigenvalue weighted by Crippen LogP contribution is -2.33. The minimum Gasteiger partial charge on any atom is -0.303 e. The van der Waals surface area contributed by atoms with Gasteiger partial charge in [0.25, 0.3) is 0 Å². The summed E-state index contributed by atoms with van der Waals surface area (Å²) in [7, 11) is 0. The highest BCUT2D eigenvalue weighted by atomic mass is 35.5. The third kappa shape index (κ3) is 6.09. The van der Waals surface area contributed by atoms with Crippen LogP contribution in [0, 0.1) is 17.2 Å². The first kappa shape index (κ1) is 22.5. The zero-order valence-electron chi connectivity index (χ0n) is 17.5. The molecule has 3 heteroatoms. The first-order chi connectivity index (χ1) is 13.5. The van der Waals surface area contributed by atoms with E-state index in [1.165, 1.54) is 5.56 Å². The third-order valence-electron chi connectivity index (χ3n) is 5.69. The molecule has 2 aromatic rings. The molecule has 2 aromatic carbocycles. The van der Waals surface area contributed by atoms with Gasteiger partial charge in [-0.25, -0.2) is 0 Å². The highest BCUT2D eigenvalue weighted by Crippen LogP contribution is 2.37. The number of halogens is 1. The number of nitrogens with zero attached hydrogens (tertiary/aromatic N) is 2. The minimum atomic E-state index is -0.456. The van der Waals surface area contributed by atoms with Crippen LogP contribution in [0.25, 0.3) is 0 Å². The molecule has 2 nitrogen and oxygen atoms in total. The molecule has 1 unspecified atom stereocenters. The molecule has 0 aliphatic carbocycles. The van der Waals surface area contributed by atoms with Crippen LogP contribution in [0.4, 0.5) is 0 Å². The predicted octanol–water partition coefficient (Wildman–Crippen LogP) is 6.49. The normalized spacial score (nSPS) is 13.5. The number of rotatable bonds is 11. The molecule has 2 rings (SSSR count). The molecule has 0 aromatic heterocycles. The molecular formula is C25H33ClN2. The van der Waals surface area contributed by atoms with Gasteiger partial charge in [0.2, 0.25) is 0 Å². The van der Waals surface area contributed by atoms with Crippen LogP contribution >= 0.6 is 11.6 Å². The Morgan fingerprint density at radius 1 is 1.00 bits per heavy atom. The molecule has 0 N–H and O–H groups in total. The van der Waals surface area contributed by atoms with Crippen LogP contribution in [-0.2, 0) is 11.8 Å². The molecule has 1 atom stereocenters. The smallest absolute Gasteiger partial charge is 0.0845 e. The van der Waals surface area contributed by atoms with E-state index in [9.17, 15) is 5.26 Å². The average Bonchev–Trinajstić information content (AvgIpc) is 2.71. The van der Waals surface area contributed by atoms with Crippen LogP contribution in [0.15, 0.2) is 54.6 Å². The van der Waals surface area contributed by atoms with Crippen molar-refractivity contribution in [3.8, 4) is 6.07 Å². The molecule has 0 heterocycles. The van der Waals surface area contributed by atoms with Gasteiger partial charge in [-0.1, -0.05) is 74.8 Å². The number of nitriles is 1. The molecule has 0 spiro atoms. The van der Waals surface area contributed by atoms with Gasteiger partial charge in [-0.2, -0.15) is 5.26 Å². The summed E-state index contributed by atoms with van der Waals surface area (Å²) in [5, 5.41) is 10.8. The van der Waals surface area contributed by atoms with Gasteiger partial charge >= 0.3 is 0 Å². The van der Waals surface area contributed by atoms with Gasteiger partial charge in [0.15, 0.2) is 0 Å². The second-order valence-corrected chi connectivity index (χ2v) is 8.36. The molecule has 0 fully saturated rings. The lowest BCUT2D eigenvalue weighted by atomic mass is 9.70. The predicted molar refractivity (Wildman–Crippen MR) is 120 cm³/mol. The van der Waals surface area contributed by atoms with Crippen molar-refractivity contribution in [3.63, 3.8) is 0 Å². The number of hydrogen-bond acceptors (Lipinski definition) is 2. The maximum absolute atomic E-state index is 10.1. The molecular weight excluding hydrogens is 364 g/mol. The third-order valence-corrected chi connectivity index (χ3v) is 5.94. The lowest BCUT2D eigenvalue weighted by Gasteiger charge is -2.32. The van der Waals surface area contributed by atoms with Crippen LogP contribution < -0.4 is 0 Å². The molecule has 0 saturated carbocycles. The highest BCUT2D eigenvalue weighted by molar-refractivity contribution is 6.30. The van der Waals surface area contributed by atoms with Gasteiger partial charge in [-0.3, -0.25) is 0 Å². The molecule has 0 bridgehead atoms. The summed E-state index contributed by atoms with van der Waals surface area (Å²) >= 11 is 6.06. The van der Waals surface area contributed by atoms with E-state index in [2.05, 4.69) is 62.1 Å². The average molecular weight is 397 g/mol. The Balaban J connectivity index is 2.00. The Morgan fingerprint density at radius 3 is 2.25 bits per heavy atom. The van der Waals surface area contributed by atoms with Crippen molar-refractivity contribution in [2.45, 2.75) is 51.9 Å². The zero-order valence-corrected chi connectivity index (χ0v) is 18.3. The van der Waals surface area contributed by atoms with E-state index >= 15 is 0 Å². The molecule has 0 aliphatic rings. The van der Waals surface area contributed by atoms with Gasteiger partial charge in [0, 0.05) is 11.6 Å². The summed E-state index contributed by atoms with van der Waals surface area (Å²) in [6.07, 6.45) is 4.11. The van der Waals surface area contributed by atoms with E-state index in [0.717, 1.165) is 55.9 Å². The van der Waals surface area contributed by atoms with Crippen LogP contribution in [-0.4, -0.2) is 24.5 Å². The van der Waals surface area contributed by atoms with Crippen molar-refractivity contribution >= 4 is 11.6 Å². The Kier molecular flexibility index (Phi) is 9.03. The zero-order chi connectivity index (χ0) is 20.4. The first-order valence-corrected chi connectivity index (χ1v) is 10.8. The number of hydrogen-bond donors (Lipinski definition) is 0. The Bertz CT molecular complexity index is 733. The second kappa shape index (κ2) is 11.2. The fourth-order valence-corrected chi connectivity index (χ4v) is 4.05. The summed E-state index contributed by atoms with van der Waals surface area (Å²) in [6, 6.07) is 21.2. The number of benzene rings is 2. The Morgan fingerprint density at radius 2 is 1.68 bits per heavy atom. The van der Waals surface area contributed by atoms with Crippen LogP contribution in [0.1, 0.15) is 51.2 Å². The maximum Gasteiger partial charge on any atom is 0.0845 e. The molecule has 0 amide bonds. The Labute approximate surface area is 176 Å². The van der Waals surface area contributed by atoms with E-state index < -0.39 is 5.41 Å². The summed E-state index contributed by atoms with van der Waals surface area (Å²) in [5.74, 6) is 0.252. The second-order valence-electron chi connectivity index (χ2n) is 7.93. The van der Waals surface area contributed by atoms with Crippen molar-refractivity contribution in [1.82, 2.24) is 4.90 Å². The SMILES string of the molecule is CCCN(CCCC(C#N)(c1ccc(Cl)cc1)C(C)C)CCc1ccccc1. The van der Waals surface area contributed by atoms with E-state index in [0.29, 0.717) is 0 Å². The molecule has 0 radical (unpaired) electrons. The van der Waals surface area contributed by atoms with E-state index in [1.807, 2.05) is 24.3 Å². The van der Waals surface area contributed by atoms with Gasteiger partial charge < -0.3 is 4.90 Å². The molecule has 0 aliphatic heterocycles. The molecule has 28 heavy (non-hydrogen) atoms.